The van der Waals surface area contributed by atoms with Crippen LogP contribution in [0.3, 0.4) is 0 Å². The van der Waals surface area contributed by atoms with Gasteiger partial charge >= 0.3 is 0 Å². The molecule has 1 aliphatic heterocycles. The number of hydrogen-bond donors (Lipinski definition) is 4. The van der Waals surface area contributed by atoms with Gasteiger partial charge in [-0.2, -0.15) is 0 Å². The summed E-state index contributed by atoms with van der Waals surface area (Å²) in [5.74, 6) is 1.38. The summed E-state index contributed by atoms with van der Waals surface area (Å²) in [4.78, 5) is 26.2. The molecular weight excluding hydrogens is 492 g/mol. The number of fused-ring (bicyclic) bond motifs is 1. The van der Waals surface area contributed by atoms with E-state index in [1.54, 1.807) is 31.4 Å². The van der Waals surface area contributed by atoms with Crippen molar-refractivity contribution in [2.75, 3.05) is 32.1 Å². The Labute approximate surface area is 219 Å². The Morgan fingerprint density at radius 2 is 2.00 bits per heavy atom. The van der Waals surface area contributed by atoms with E-state index < -0.39 is 0 Å². The Morgan fingerprint density at radius 1 is 1.22 bits per heavy atom. The van der Waals surface area contributed by atoms with Crippen LogP contribution in [0.1, 0.15) is 18.4 Å². The van der Waals surface area contributed by atoms with E-state index in [0.717, 1.165) is 54.8 Å². The van der Waals surface area contributed by atoms with Crippen LogP contribution in [0.2, 0.25) is 5.02 Å². The second-order valence-electron chi connectivity index (χ2n) is 9.12. The molecule has 192 valence electrons. The first-order chi connectivity index (χ1) is 18.0. The van der Waals surface area contributed by atoms with Crippen molar-refractivity contribution in [2.45, 2.75) is 25.4 Å². The third kappa shape index (κ3) is 5.95. The molecule has 0 atom stereocenters. The first-order valence-corrected chi connectivity index (χ1v) is 12.6. The number of carbonyl (C=O) groups is 1. The number of aromatic amines is 1. The first-order valence-electron chi connectivity index (χ1n) is 12.2. The first kappa shape index (κ1) is 24.9. The number of H-pyrrole nitrogens is 1. The van der Waals surface area contributed by atoms with E-state index in [2.05, 4.69) is 30.5 Å². The van der Waals surface area contributed by atoms with Gasteiger partial charge in [0.05, 0.1) is 16.9 Å². The predicted octanol–water partition coefficient (Wildman–Crippen LogP) is 4.19. The fourth-order valence-corrected chi connectivity index (χ4v) is 4.69. The summed E-state index contributed by atoms with van der Waals surface area (Å²) in [5, 5.41) is 16.4. The summed E-state index contributed by atoms with van der Waals surface area (Å²) in [6.07, 6.45) is 3.57. The van der Waals surface area contributed by atoms with Crippen LogP contribution < -0.4 is 15.4 Å². The molecule has 1 aliphatic rings. The zero-order valence-electron chi connectivity index (χ0n) is 20.5. The van der Waals surface area contributed by atoms with Crippen molar-refractivity contribution in [1.82, 2.24) is 25.2 Å². The van der Waals surface area contributed by atoms with Crippen LogP contribution in [-0.4, -0.2) is 63.7 Å². The van der Waals surface area contributed by atoms with Crippen molar-refractivity contribution in [2.24, 2.45) is 0 Å². The predicted molar refractivity (Wildman–Crippen MR) is 144 cm³/mol. The minimum atomic E-state index is -0.188. The second kappa shape index (κ2) is 11.1. The van der Waals surface area contributed by atoms with Crippen LogP contribution in [0.4, 0.5) is 5.69 Å². The largest absolute Gasteiger partial charge is 0.508 e. The number of pyridine rings is 1. The van der Waals surface area contributed by atoms with Crippen molar-refractivity contribution in [3.05, 3.63) is 65.3 Å². The average Bonchev–Trinajstić information content (AvgIpc) is 3.35. The summed E-state index contributed by atoms with van der Waals surface area (Å²) in [5.41, 5.74) is 4.14. The molecular formula is C27H29ClN6O3. The van der Waals surface area contributed by atoms with Crippen LogP contribution in [0.5, 0.6) is 11.5 Å². The number of carbonyl (C=O) groups excluding carboxylic acids is 1. The van der Waals surface area contributed by atoms with Gasteiger partial charge in [-0.15, -0.1) is 0 Å². The van der Waals surface area contributed by atoms with Gasteiger partial charge in [0.25, 0.3) is 5.91 Å². The molecule has 4 N–H and O–H groups in total. The zero-order valence-corrected chi connectivity index (χ0v) is 21.3. The van der Waals surface area contributed by atoms with Crippen molar-refractivity contribution in [1.29, 1.82) is 0 Å². The highest BCUT2D eigenvalue weighted by atomic mass is 35.5. The lowest BCUT2D eigenvalue weighted by atomic mass is 10.0. The zero-order chi connectivity index (χ0) is 25.8. The highest BCUT2D eigenvalue weighted by Crippen LogP contribution is 2.32. The van der Waals surface area contributed by atoms with E-state index in [1.165, 1.54) is 0 Å². The number of imidazole rings is 1. The highest BCUT2D eigenvalue weighted by molar-refractivity contribution is 6.34. The van der Waals surface area contributed by atoms with Gasteiger partial charge in [0.1, 0.15) is 22.8 Å². The molecule has 0 saturated carbocycles. The van der Waals surface area contributed by atoms with E-state index in [4.69, 9.17) is 16.3 Å². The number of phenols is 1. The van der Waals surface area contributed by atoms with Gasteiger partial charge in [-0.05, 0) is 54.8 Å². The lowest BCUT2D eigenvalue weighted by Crippen LogP contribution is -2.38. The fraction of sp³-hybridized carbons (Fsp3) is 0.296. The normalized spacial score (nSPS) is 14.5. The number of anilines is 1. The number of amides is 1. The van der Waals surface area contributed by atoms with E-state index in [-0.39, 0.29) is 18.6 Å². The molecule has 0 spiro atoms. The molecule has 9 nitrogen and oxygen atoms in total. The van der Waals surface area contributed by atoms with E-state index in [9.17, 15) is 9.90 Å². The van der Waals surface area contributed by atoms with Crippen LogP contribution in [0.25, 0.3) is 22.6 Å². The standard InChI is InChI=1S/C27H29ClN6O3/c1-29-23(36)16-37-21-7-5-18(6-8-21)26-32-25-24(22(28)14-30-27(25)33-26)31-19-9-11-34(12-10-19)15-17-3-2-4-20(35)13-17/h2-8,13-14,19,35H,9-12,15-16H2,1H3,(H,29,36)(H2,30,31,32,33). The van der Waals surface area contributed by atoms with Crippen molar-refractivity contribution >= 4 is 34.4 Å². The molecule has 0 aliphatic carbocycles. The van der Waals surface area contributed by atoms with Gasteiger partial charge in [-0.3, -0.25) is 9.69 Å². The molecule has 1 fully saturated rings. The molecule has 3 heterocycles. The van der Waals surface area contributed by atoms with Gasteiger partial charge in [0, 0.05) is 38.3 Å². The number of rotatable bonds is 8. The maximum atomic E-state index is 11.4. The Hall–Kier alpha value is -3.82. The summed E-state index contributed by atoms with van der Waals surface area (Å²) < 4.78 is 5.48. The summed E-state index contributed by atoms with van der Waals surface area (Å²) in [6, 6.07) is 15.1. The van der Waals surface area contributed by atoms with Gasteiger partial charge < -0.3 is 25.5 Å². The summed E-state index contributed by atoms with van der Waals surface area (Å²) >= 11 is 6.57. The molecule has 0 radical (unpaired) electrons. The highest BCUT2D eigenvalue weighted by Gasteiger charge is 2.22. The number of benzene rings is 2. The van der Waals surface area contributed by atoms with Crippen LogP contribution in [0.15, 0.2) is 54.7 Å². The Morgan fingerprint density at radius 3 is 2.73 bits per heavy atom. The number of phenolic OH excluding ortho intramolecular Hbond substituents is 1. The molecule has 4 aromatic rings. The number of nitrogens with zero attached hydrogens (tertiary/aromatic N) is 3. The SMILES string of the molecule is CNC(=O)COc1ccc(-c2nc3ncc(Cl)c(NC4CCN(Cc5cccc(O)c5)CC4)c3[nH]2)cc1. The smallest absolute Gasteiger partial charge is 0.257 e. The van der Waals surface area contributed by atoms with E-state index in [0.29, 0.717) is 28.0 Å². The molecule has 5 rings (SSSR count). The van der Waals surface area contributed by atoms with Gasteiger partial charge in [-0.25, -0.2) is 9.97 Å². The van der Waals surface area contributed by atoms with Crippen molar-refractivity contribution < 1.29 is 14.6 Å². The van der Waals surface area contributed by atoms with Crippen molar-refractivity contribution in [3.8, 4) is 22.9 Å². The summed E-state index contributed by atoms with van der Waals surface area (Å²) in [6.45, 7) is 2.68. The minimum absolute atomic E-state index is 0.0350. The molecule has 0 unspecified atom stereocenters. The molecule has 2 aromatic heterocycles. The van der Waals surface area contributed by atoms with Gasteiger partial charge in [0.2, 0.25) is 0 Å². The second-order valence-corrected chi connectivity index (χ2v) is 9.52. The Kier molecular flexibility index (Phi) is 7.43. The van der Waals surface area contributed by atoms with Gasteiger partial charge in [0.15, 0.2) is 12.3 Å². The van der Waals surface area contributed by atoms with E-state index in [1.807, 2.05) is 30.3 Å². The maximum absolute atomic E-state index is 11.4. The van der Waals surface area contributed by atoms with E-state index >= 15 is 0 Å². The third-order valence-corrected chi connectivity index (χ3v) is 6.79. The number of aromatic hydroxyl groups is 1. The molecule has 0 bridgehead atoms. The number of piperidine rings is 1. The average molecular weight is 521 g/mol. The Balaban J connectivity index is 1.26. The molecule has 2 aromatic carbocycles. The number of nitrogens with one attached hydrogen (secondary N) is 3. The third-order valence-electron chi connectivity index (χ3n) is 6.50. The lowest BCUT2D eigenvalue weighted by Gasteiger charge is -2.33. The quantitative estimate of drug-likeness (QED) is 0.275. The topological polar surface area (TPSA) is 115 Å². The molecule has 1 amide bonds. The minimum Gasteiger partial charge on any atom is -0.508 e. The number of halogens is 1. The van der Waals surface area contributed by atoms with Gasteiger partial charge in [-0.1, -0.05) is 23.7 Å². The molecule has 37 heavy (non-hydrogen) atoms. The molecule has 10 heteroatoms. The number of likely N-dealkylation sites (tertiary alicyclic amines) is 1. The number of aromatic nitrogens is 3. The number of likely N-dealkylation sites (N-methyl/N-ethyl adjacent to an activating group) is 1. The van der Waals surface area contributed by atoms with Crippen LogP contribution in [-0.2, 0) is 11.3 Å². The number of ether oxygens (including phenoxy) is 1. The number of hydrogen-bond acceptors (Lipinski definition) is 7. The Bertz CT molecular complexity index is 1380. The van der Waals surface area contributed by atoms with Crippen LogP contribution in [0, 0.1) is 0 Å². The monoisotopic (exact) mass is 520 g/mol. The maximum Gasteiger partial charge on any atom is 0.257 e. The lowest BCUT2D eigenvalue weighted by molar-refractivity contribution is -0.122. The fourth-order valence-electron chi connectivity index (χ4n) is 4.49. The summed E-state index contributed by atoms with van der Waals surface area (Å²) in [7, 11) is 1.57. The van der Waals surface area contributed by atoms with Crippen LogP contribution >= 0.6 is 11.6 Å². The molecule has 1 saturated heterocycles. The van der Waals surface area contributed by atoms with Crippen molar-refractivity contribution in [3.63, 3.8) is 0 Å².